The Morgan fingerprint density at radius 2 is 1.70 bits per heavy atom. The Hall–Kier alpha value is -1.07. The molecule has 0 N–H and O–H groups in total. The van der Waals surface area contributed by atoms with Gasteiger partial charge >= 0.3 is 0 Å². The summed E-state index contributed by atoms with van der Waals surface area (Å²) in [6.07, 6.45) is 14.0. The minimum Gasteiger partial charge on any atom is -0.353 e. The van der Waals surface area contributed by atoms with Crippen LogP contribution in [-0.2, 0) is 6.54 Å². The summed E-state index contributed by atoms with van der Waals surface area (Å²) in [6, 6.07) is 0. The van der Waals surface area contributed by atoms with Crippen LogP contribution in [0, 0.1) is 0 Å². The average Bonchev–Trinajstić information content (AvgIpc) is 2.97. The predicted octanol–water partition coefficient (Wildman–Crippen LogP) is 3.25. The molecule has 0 spiro atoms. The summed E-state index contributed by atoms with van der Waals surface area (Å²) in [7, 11) is 0. The molecule has 1 aliphatic rings. The fourth-order valence-corrected chi connectivity index (χ4v) is 3.75. The summed E-state index contributed by atoms with van der Waals surface area (Å²) in [5.74, 6) is 4.78. The third-order valence-electron chi connectivity index (χ3n) is 2.88. The Labute approximate surface area is 129 Å². The van der Waals surface area contributed by atoms with Gasteiger partial charge in [-0.2, -0.15) is 23.5 Å². The number of hydrogen-bond donors (Lipinski definition) is 0. The van der Waals surface area contributed by atoms with Gasteiger partial charge in [-0.05, 0) is 17.7 Å². The van der Waals surface area contributed by atoms with Crippen molar-refractivity contribution in [2.45, 2.75) is 6.54 Å². The van der Waals surface area contributed by atoms with E-state index in [1.54, 1.807) is 0 Å². The van der Waals surface area contributed by atoms with Crippen LogP contribution in [0.3, 0.4) is 0 Å². The van der Waals surface area contributed by atoms with Gasteiger partial charge in [0.05, 0.1) is 6.33 Å². The maximum atomic E-state index is 4.04. The van der Waals surface area contributed by atoms with E-state index in [0.717, 1.165) is 24.4 Å². The molecule has 0 saturated heterocycles. The number of aromatic nitrogens is 2. The fourth-order valence-electron chi connectivity index (χ4n) is 1.72. The van der Waals surface area contributed by atoms with E-state index >= 15 is 0 Å². The van der Waals surface area contributed by atoms with Gasteiger partial charge < -0.3 is 9.47 Å². The van der Waals surface area contributed by atoms with Gasteiger partial charge in [0.1, 0.15) is 0 Å². The van der Waals surface area contributed by atoms with E-state index in [0.29, 0.717) is 0 Å². The molecule has 1 aliphatic heterocycles. The molecule has 0 bridgehead atoms. The first kappa shape index (κ1) is 15.3. The lowest BCUT2D eigenvalue weighted by Gasteiger charge is -2.18. The molecule has 0 fully saturated rings. The topological polar surface area (TPSA) is 21.1 Å². The summed E-state index contributed by atoms with van der Waals surface area (Å²) in [5, 5.41) is 0. The summed E-state index contributed by atoms with van der Waals surface area (Å²) >= 11 is 4.04. The smallest absolute Gasteiger partial charge is 0.0946 e. The second kappa shape index (κ2) is 8.97. The Kier molecular flexibility index (Phi) is 6.88. The van der Waals surface area contributed by atoms with Gasteiger partial charge in [0.25, 0.3) is 0 Å². The number of nitrogens with zero attached hydrogens (tertiary/aromatic N) is 3. The van der Waals surface area contributed by atoms with Gasteiger partial charge in [-0.1, -0.05) is 6.58 Å². The van der Waals surface area contributed by atoms with Crippen LogP contribution in [0.4, 0.5) is 0 Å². The van der Waals surface area contributed by atoms with Crippen molar-refractivity contribution < 1.29 is 0 Å². The molecule has 3 nitrogen and oxygen atoms in total. The lowest BCUT2D eigenvalue weighted by atomic mass is 10.2. The van der Waals surface area contributed by atoms with E-state index in [2.05, 4.69) is 45.6 Å². The van der Waals surface area contributed by atoms with Crippen molar-refractivity contribution in [2.24, 2.45) is 0 Å². The van der Waals surface area contributed by atoms with E-state index in [1.807, 2.05) is 42.2 Å². The second-order valence-corrected chi connectivity index (χ2v) is 6.92. The van der Waals surface area contributed by atoms with Crippen molar-refractivity contribution in [1.82, 2.24) is 14.5 Å². The molecule has 0 unspecified atom stereocenters. The van der Waals surface area contributed by atoms with Crippen LogP contribution in [0.5, 0.6) is 0 Å². The van der Waals surface area contributed by atoms with Crippen molar-refractivity contribution in [3.63, 3.8) is 0 Å². The number of rotatable bonds is 9. The van der Waals surface area contributed by atoms with Crippen LogP contribution < -0.4 is 0 Å². The highest BCUT2D eigenvalue weighted by Gasteiger charge is 1.99. The highest BCUT2D eigenvalue weighted by atomic mass is 32.2. The highest BCUT2D eigenvalue weighted by molar-refractivity contribution is 8.02. The molecule has 0 saturated carbocycles. The number of hydrogen-bond acceptors (Lipinski definition) is 4. The first-order valence-electron chi connectivity index (χ1n) is 6.77. The van der Waals surface area contributed by atoms with Crippen LogP contribution >= 0.6 is 23.5 Å². The van der Waals surface area contributed by atoms with Crippen molar-refractivity contribution in [3.05, 3.63) is 55.4 Å². The van der Waals surface area contributed by atoms with Gasteiger partial charge in [0.15, 0.2) is 0 Å². The molecule has 0 aromatic carbocycles. The normalized spacial score (nSPS) is 14.2. The zero-order chi connectivity index (χ0) is 14.0. The van der Waals surface area contributed by atoms with Gasteiger partial charge in [0.2, 0.25) is 0 Å². The van der Waals surface area contributed by atoms with E-state index in [1.165, 1.54) is 17.3 Å². The van der Waals surface area contributed by atoms with Gasteiger partial charge in [-0.15, -0.1) is 0 Å². The standard InChI is InChI=1S/C15H21N3S2/c1-15-2-5-17(6-3-15)8-10-19-12-13-20-11-9-18-7-4-16-14-18/h2-7,14H,1,8-13H2. The van der Waals surface area contributed by atoms with E-state index < -0.39 is 0 Å². The van der Waals surface area contributed by atoms with Crippen molar-refractivity contribution >= 4 is 23.5 Å². The molecule has 20 heavy (non-hydrogen) atoms. The summed E-state index contributed by atoms with van der Waals surface area (Å²) in [4.78, 5) is 6.26. The van der Waals surface area contributed by atoms with Gasteiger partial charge in [-0.25, -0.2) is 4.98 Å². The minimum atomic E-state index is 1.06. The van der Waals surface area contributed by atoms with Crippen LogP contribution in [-0.4, -0.2) is 44.0 Å². The zero-order valence-electron chi connectivity index (χ0n) is 11.6. The molecule has 0 radical (unpaired) electrons. The molecular formula is C15H21N3S2. The summed E-state index contributed by atoms with van der Waals surface area (Å²) < 4.78 is 2.13. The van der Waals surface area contributed by atoms with Crippen LogP contribution in [0.1, 0.15) is 0 Å². The fraction of sp³-hybridized carbons (Fsp3) is 0.400. The summed E-state index contributed by atoms with van der Waals surface area (Å²) in [5.41, 5.74) is 1.07. The zero-order valence-corrected chi connectivity index (χ0v) is 13.3. The molecule has 1 aromatic rings. The van der Waals surface area contributed by atoms with Crippen molar-refractivity contribution in [2.75, 3.05) is 29.6 Å². The molecular weight excluding hydrogens is 286 g/mol. The van der Waals surface area contributed by atoms with Crippen molar-refractivity contribution in [1.29, 1.82) is 0 Å². The Morgan fingerprint density at radius 1 is 1.00 bits per heavy atom. The Morgan fingerprint density at radius 3 is 2.35 bits per heavy atom. The highest BCUT2D eigenvalue weighted by Crippen LogP contribution is 2.11. The third-order valence-corrected chi connectivity index (χ3v) is 5.07. The third kappa shape index (κ3) is 5.92. The molecule has 0 atom stereocenters. The van der Waals surface area contributed by atoms with E-state index in [-0.39, 0.29) is 0 Å². The van der Waals surface area contributed by atoms with Gasteiger partial charge in [0, 0.05) is 60.9 Å². The van der Waals surface area contributed by atoms with Crippen LogP contribution in [0.25, 0.3) is 0 Å². The van der Waals surface area contributed by atoms with Crippen LogP contribution in [0.2, 0.25) is 0 Å². The monoisotopic (exact) mass is 307 g/mol. The predicted molar refractivity (Wildman–Crippen MR) is 91.0 cm³/mol. The second-order valence-electron chi connectivity index (χ2n) is 4.47. The van der Waals surface area contributed by atoms with E-state index in [4.69, 9.17) is 0 Å². The summed E-state index contributed by atoms with van der Waals surface area (Å²) in [6.45, 7) is 6.02. The average molecular weight is 307 g/mol. The maximum absolute atomic E-state index is 4.04. The first-order chi connectivity index (χ1) is 9.84. The molecule has 1 aromatic heterocycles. The number of allylic oxidation sites excluding steroid dienone is 3. The minimum absolute atomic E-state index is 1.06. The van der Waals surface area contributed by atoms with E-state index in [9.17, 15) is 0 Å². The molecule has 2 rings (SSSR count). The lowest BCUT2D eigenvalue weighted by Crippen LogP contribution is -2.15. The number of thioether (sulfide) groups is 2. The molecule has 5 heteroatoms. The Balaban J connectivity index is 1.41. The molecule has 0 amide bonds. The SMILES string of the molecule is C=C1C=CN(CCSCCSCCn2ccnc2)C=C1. The largest absolute Gasteiger partial charge is 0.353 e. The number of aryl methyl sites for hydroxylation is 1. The van der Waals surface area contributed by atoms with Crippen molar-refractivity contribution in [3.8, 4) is 0 Å². The first-order valence-corrected chi connectivity index (χ1v) is 9.08. The lowest BCUT2D eigenvalue weighted by molar-refractivity contribution is 0.537. The van der Waals surface area contributed by atoms with Crippen LogP contribution in [0.15, 0.2) is 55.4 Å². The van der Waals surface area contributed by atoms with Gasteiger partial charge in [-0.3, -0.25) is 0 Å². The Bertz CT molecular complexity index is 436. The molecule has 2 heterocycles. The number of imidazole rings is 1. The molecule has 108 valence electrons. The quantitative estimate of drug-likeness (QED) is 0.653. The molecule has 0 aliphatic carbocycles. The maximum Gasteiger partial charge on any atom is 0.0946 e.